The lowest BCUT2D eigenvalue weighted by Crippen LogP contribution is -2.47. The van der Waals surface area contributed by atoms with Gasteiger partial charge in [-0.05, 0) is 56.2 Å². The number of halogens is 3. The summed E-state index contributed by atoms with van der Waals surface area (Å²) in [4.78, 5) is 18.9. The molecule has 3 aromatic rings. The number of benzene rings is 1. The van der Waals surface area contributed by atoms with Gasteiger partial charge in [-0.3, -0.25) is 0 Å². The Hall–Kier alpha value is -3.40. The second-order valence-corrected chi connectivity index (χ2v) is 10.8. The lowest BCUT2D eigenvalue weighted by atomic mass is 9.96. The number of alkyl halides is 3. The van der Waals surface area contributed by atoms with Gasteiger partial charge in [0.25, 0.3) is 0 Å². The topological polar surface area (TPSA) is 77.7 Å². The second-order valence-electron chi connectivity index (χ2n) is 10.8. The highest BCUT2D eigenvalue weighted by atomic mass is 19.4. The molecule has 2 aliphatic heterocycles. The number of esters is 1. The number of nitrogens with zero attached hydrogens (tertiary/aromatic N) is 3. The van der Waals surface area contributed by atoms with Crippen LogP contribution in [0.5, 0.6) is 0 Å². The summed E-state index contributed by atoms with van der Waals surface area (Å²) in [7, 11) is 1.36. The number of fused-ring (bicyclic) bond motifs is 2. The van der Waals surface area contributed by atoms with Crippen LogP contribution in [-0.2, 0) is 22.3 Å². The molecule has 206 valence electrons. The average molecular weight is 542 g/mol. The summed E-state index contributed by atoms with van der Waals surface area (Å²) in [5.74, 6) is 1.56. The van der Waals surface area contributed by atoms with E-state index >= 15 is 0 Å². The first-order valence-electron chi connectivity index (χ1n) is 13.3. The van der Waals surface area contributed by atoms with Gasteiger partial charge in [-0.1, -0.05) is 30.3 Å². The molecule has 0 radical (unpaired) electrons. The van der Waals surface area contributed by atoms with Gasteiger partial charge in [-0.15, -0.1) is 0 Å². The molecule has 2 bridgehead atoms. The number of anilines is 1. The predicted molar refractivity (Wildman–Crippen MR) is 136 cm³/mol. The highest BCUT2D eigenvalue weighted by Crippen LogP contribution is 2.47. The van der Waals surface area contributed by atoms with E-state index in [-0.39, 0.29) is 42.0 Å². The third kappa shape index (κ3) is 4.90. The molecule has 10 heteroatoms. The van der Waals surface area contributed by atoms with Gasteiger partial charge in [0.1, 0.15) is 17.3 Å². The molecule has 3 aliphatic rings. The lowest BCUT2D eigenvalue weighted by Gasteiger charge is -2.40. The van der Waals surface area contributed by atoms with Crippen LogP contribution >= 0.6 is 0 Å². The number of carbonyl (C=O) groups excluding carboxylic acids is 1. The van der Waals surface area contributed by atoms with E-state index in [0.717, 1.165) is 44.0 Å². The van der Waals surface area contributed by atoms with E-state index in [0.29, 0.717) is 22.8 Å². The molecule has 1 saturated carbocycles. The summed E-state index contributed by atoms with van der Waals surface area (Å²) in [6.45, 7) is 2.35. The van der Waals surface area contributed by atoms with E-state index in [2.05, 4.69) is 22.0 Å². The smallest absolute Gasteiger partial charge is 0.417 e. The van der Waals surface area contributed by atoms with Crippen LogP contribution in [0.15, 0.2) is 47.1 Å². The van der Waals surface area contributed by atoms with Crippen molar-refractivity contribution in [2.24, 2.45) is 5.92 Å². The van der Waals surface area contributed by atoms with E-state index in [4.69, 9.17) is 14.0 Å². The van der Waals surface area contributed by atoms with E-state index < -0.39 is 17.7 Å². The number of piperidine rings is 1. The molecular weight excluding hydrogens is 511 g/mol. The van der Waals surface area contributed by atoms with Crippen LogP contribution in [0, 0.1) is 5.92 Å². The van der Waals surface area contributed by atoms with Gasteiger partial charge in [-0.2, -0.15) is 13.2 Å². The van der Waals surface area contributed by atoms with Crippen LogP contribution in [-0.4, -0.2) is 41.4 Å². The SMILES string of the molecule is COC(=O)c1ccnc(N2C3CC(OCc4c(-c5ccccc5C(F)(F)F)noc4C4CC4)CC2C(C)C3)c1. The summed E-state index contributed by atoms with van der Waals surface area (Å²) < 4.78 is 58.3. The zero-order valence-electron chi connectivity index (χ0n) is 21.8. The van der Waals surface area contributed by atoms with Crippen molar-refractivity contribution in [1.29, 1.82) is 0 Å². The van der Waals surface area contributed by atoms with E-state index in [9.17, 15) is 18.0 Å². The number of aromatic nitrogens is 2. The fourth-order valence-electron chi connectivity index (χ4n) is 6.24. The maximum Gasteiger partial charge on any atom is 0.417 e. The molecule has 1 aromatic carbocycles. The van der Waals surface area contributed by atoms with Gasteiger partial charge >= 0.3 is 12.1 Å². The Kier molecular flexibility index (Phi) is 6.61. The Morgan fingerprint density at radius 1 is 1.15 bits per heavy atom. The quantitative estimate of drug-likeness (QED) is 0.321. The van der Waals surface area contributed by atoms with Crippen molar-refractivity contribution in [3.05, 3.63) is 65.0 Å². The molecule has 39 heavy (non-hydrogen) atoms. The summed E-state index contributed by atoms with van der Waals surface area (Å²) in [6.07, 6.45) is 1.39. The fourth-order valence-corrected chi connectivity index (χ4v) is 6.24. The van der Waals surface area contributed by atoms with Crippen molar-refractivity contribution in [3.63, 3.8) is 0 Å². The first-order chi connectivity index (χ1) is 18.7. The van der Waals surface area contributed by atoms with Gasteiger partial charge < -0.3 is 18.9 Å². The highest BCUT2D eigenvalue weighted by molar-refractivity contribution is 5.90. The van der Waals surface area contributed by atoms with Gasteiger partial charge in [0.05, 0.1) is 30.9 Å². The van der Waals surface area contributed by atoms with Crippen molar-refractivity contribution in [2.75, 3.05) is 12.0 Å². The van der Waals surface area contributed by atoms with Crippen molar-refractivity contribution in [3.8, 4) is 11.3 Å². The first-order valence-corrected chi connectivity index (χ1v) is 13.3. The molecule has 0 N–H and O–H groups in total. The first kappa shape index (κ1) is 25.9. The lowest BCUT2D eigenvalue weighted by molar-refractivity contribution is -0.137. The van der Waals surface area contributed by atoms with Gasteiger partial charge in [-0.25, -0.2) is 9.78 Å². The molecule has 3 fully saturated rings. The van der Waals surface area contributed by atoms with Crippen molar-refractivity contribution in [1.82, 2.24) is 10.1 Å². The van der Waals surface area contributed by atoms with Gasteiger partial charge in [0.15, 0.2) is 0 Å². The van der Waals surface area contributed by atoms with Crippen LogP contribution in [0.1, 0.15) is 72.2 Å². The molecule has 1 aliphatic carbocycles. The number of rotatable bonds is 7. The summed E-state index contributed by atoms with van der Waals surface area (Å²) in [6, 6.07) is 9.24. The Balaban J connectivity index is 1.23. The summed E-state index contributed by atoms with van der Waals surface area (Å²) in [5, 5.41) is 4.11. The molecule has 4 heterocycles. The number of carbonyl (C=O) groups is 1. The van der Waals surface area contributed by atoms with E-state index in [1.54, 1.807) is 24.4 Å². The maximum atomic E-state index is 13.8. The van der Waals surface area contributed by atoms with Crippen molar-refractivity contribution < 1.29 is 32.0 Å². The molecule has 2 aromatic heterocycles. The monoisotopic (exact) mass is 541 g/mol. The number of ether oxygens (including phenoxy) is 2. The van der Waals surface area contributed by atoms with E-state index in [1.807, 2.05) is 0 Å². The standard InChI is InChI=1S/C29H30F3N3O4/c1-16-11-19-13-20(14-24(16)35(19)25-12-18(9-10-33-25)28(36)37-2)38-15-22-26(34-39-27(22)17-7-8-17)21-5-3-4-6-23(21)29(30,31)32/h3-6,9-10,12,16-17,19-20,24H,7-8,11,13-15H2,1-2H3. The van der Waals surface area contributed by atoms with Crippen LogP contribution in [0.4, 0.5) is 19.0 Å². The minimum atomic E-state index is -4.51. The molecular formula is C29H30F3N3O4. The minimum absolute atomic E-state index is 0.0133. The zero-order valence-corrected chi connectivity index (χ0v) is 21.8. The molecule has 4 atom stereocenters. The Morgan fingerprint density at radius 2 is 1.95 bits per heavy atom. The number of pyridine rings is 1. The van der Waals surface area contributed by atoms with Crippen molar-refractivity contribution >= 4 is 11.8 Å². The number of hydrogen-bond acceptors (Lipinski definition) is 7. The molecule has 0 amide bonds. The number of hydrogen-bond donors (Lipinski definition) is 0. The summed E-state index contributed by atoms with van der Waals surface area (Å²) >= 11 is 0. The summed E-state index contributed by atoms with van der Waals surface area (Å²) in [5.41, 5.74) is 0.564. The average Bonchev–Trinajstić information content (AvgIpc) is 3.65. The largest absolute Gasteiger partial charge is 0.465 e. The Morgan fingerprint density at radius 3 is 2.67 bits per heavy atom. The minimum Gasteiger partial charge on any atom is -0.465 e. The van der Waals surface area contributed by atoms with Crippen molar-refractivity contribution in [2.45, 2.75) is 75.9 Å². The number of methoxy groups -OCH3 is 1. The highest BCUT2D eigenvalue weighted by Gasteiger charge is 2.46. The molecule has 6 rings (SSSR count). The maximum absolute atomic E-state index is 13.8. The molecule has 0 spiro atoms. The third-order valence-electron chi connectivity index (χ3n) is 8.24. The van der Waals surface area contributed by atoms with Crippen LogP contribution in [0.3, 0.4) is 0 Å². The molecule has 4 unspecified atom stereocenters. The Labute approximate surface area is 224 Å². The van der Waals surface area contributed by atoms with Gasteiger partial charge in [0.2, 0.25) is 0 Å². The van der Waals surface area contributed by atoms with E-state index in [1.165, 1.54) is 19.2 Å². The normalized spacial score (nSPS) is 24.7. The van der Waals surface area contributed by atoms with Crippen LogP contribution in [0.2, 0.25) is 0 Å². The fraction of sp³-hybridized carbons (Fsp3) is 0.483. The molecule has 7 nitrogen and oxygen atoms in total. The molecule has 2 saturated heterocycles. The Bertz CT molecular complexity index is 1370. The van der Waals surface area contributed by atoms with Crippen LogP contribution in [0.25, 0.3) is 11.3 Å². The third-order valence-corrected chi connectivity index (χ3v) is 8.24. The predicted octanol–water partition coefficient (Wildman–Crippen LogP) is 6.38. The van der Waals surface area contributed by atoms with Gasteiger partial charge in [0, 0.05) is 35.3 Å². The zero-order chi connectivity index (χ0) is 27.3. The van der Waals surface area contributed by atoms with Crippen LogP contribution < -0.4 is 4.90 Å². The second kappa shape index (κ2) is 9.97.